The molecule has 0 amide bonds. The van der Waals surface area contributed by atoms with Crippen molar-refractivity contribution in [3.8, 4) is 0 Å². The third-order valence-electron chi connectivity index (χ3n) is 2.48. The smallest absolute Gasteiger partial charge is 0.338 e. The van der Waals surface area contributed by atoms with Crippen molar-refractivity contribution in [1.82, 2.24) is 0 Å². The first-order valence-corrected chi connectivity index (χ1v) is 5.19. The Bertz CT molecular complexity index is 363. The number of carbonyl (C=O) groups is 1. The van der Waals surface area contributed by atoms with Gasteiger partial charge in [0.2, 0.25) is 0 Å². The molecule has 3 heteroatoms. The van der Waals surface area contributed by atoms with Crippen LogP contribution in [0.5, 0.6) is 0 Å². The summed E-state index contributed by atoms with van der Waals surface area (Å²) in [6.45, 7) is 2.46. The first-order valence-electron chi connectivity index (χ1n) is 5.19. The van der Waals surface area contributed by atoms with Crippen LogP contribution < -0.4 is 5.73 Å². The van der Waals surface area contributed by atoms with Gasteiger partial charge in [-0.25, -0.2) is 4.79 Å². The van der Waals surface area contributed by atoms with Gasteiger partial charge in [-0.05, 0) is 49.4 Å². The number of rotatable bonds is 3. The predicted molar refractivity (Wildman–Crippen MR) is 58.6 cm³/mol. The van der Waals surface area contributed by atoms with Crippen molar-refractivity contribution in [1.29, 1.82) is 0 Å². The summed E-state index contributed by atoms with van der Waals surface area (Å²) >= 11 is 0. The van der Waals surface area contributed by atoms with Gasteiger partial charge in [0.25, 0.3) is 0 Å². The van der Waals surface area contributed by atoms with E-state index in [0.717, 1.165) is 5.56 Å². The summed E-state index contributed by atoms with van der Waals surface area (Å²) in [5, 5.41) is 0. The van der Waals surface area contributed by atoms with E-state index in [1.165, 1.54) is 12.8 Å². The number of aryl methyl sites for hydroxylation is 1. The van der Waals surface area contributed by atoms with E-state index in [1.807, 2.05) is 13.0 Å². The van der Waals surface area contributed by atoms with E-state index < -0.39 is 0 Å². The Hall–Kier alpha value is -1.51. The van der Waals surface area contributed by atoms with Crippen molar-refractivity contribution >= 4 is 11.7 Å². The minimum Gasteiger partial charge on any atom is -0.462 e. The summed E-state index contributed by atoms with van der Waals surface area (Å²) in [6, 6.07) is 5.28. The molecule has 2 rings (SSSR count). The second-order valence-electron chi connectivity index (χ2n) is 4.17. The molecule has 0 radical (unpaired) electrons. The second kappa shape index (κ2) is 3.93. The molecule has 3 nitrogen and oxygen atoms in total. The number of benzene rings is 1. The molecule has 1 aliphatic carbocycles. The van der Waals surface area contributed by atoms with Crippen molar-refractivity contribution in [3.63, 3.8) is 0 Å². The lowest BCUT2D eigenvalue weighted by Crippen LogP contribution is -2.08. The Morgan fingerprint density at radius 3 is 2.80 bits per heavy atom. The lowest BCUT2D eigenvalue weighted by molar-refractivity contribution is 0.0486. The summed E-state index contributed by atoms with van der Waals surface area (Å²) in [5.41, 5.74) is 7.79. The average Bonchev–Trinajstić information content (AvgIpc) is 2.96. The molecule has 1 saturated carbocycles. The van der Waals surface area contributed by atoms with Gasteiger partial charge >= 0.3 is 5.97 Å². The van der Waals surface area contributed by atoms with Crippen molar-refractivity contribution < 1.29 is 9.53 Å². The van der Waals surface area contributed by atoms with E-state index in [1.54, 1.807) is 12.1 Å². The van der Waals surface area contributed by atoms with Crippen molar-refractivity contribution in [2.24, 2.45) is 5.92 Å². The highest BCUT2D eigenvalue weighted by Crippen LogP contribution is 2.29. The average molecular weight is 205 g/mol. The number of hydrogen-bond acceptors (Lipinski definition) is 3. The fraction of sp³-hybridized carbons (Fsp3) is 0.417. The number of ether oxygens (including phenoxy) is 1. The summed E-state index contributed by atoms with van der Waals surface area (Å²) in [5.74, 6) is 0.327. The number of anilines is 1. The second-order valence-corrected chi connectivity index (χ2v) is 4.17. The third-order valence-corrected chi connectivity index (χ3v) is 2.48. The largest absolute Gasteiger partial charge is 0.462 e. The Morgan fingerprint density at radius 1 is 1.47 bits per heavy atom. The number of carbonyl (C=O) groups excluding carboxylic acids is 1. The topological polar surface area (TPSA) is 52.3 Å². The van der Waals surface area contributed by atoms with Gasteiger partial charge in [0.05, 0.1) is 12.2 Å². The normalized spacial score (nSPS) is 15.0. The summed E-state index contributed by atoms with van der Waals surface area (Å²) in [4.78, 5) is 11.6. The maximum absolute atomic E-state index is 11.6. The van der Waals surface area contributed by atoms with Crippen molar-refractivity contribution in [3.05, 3.63) is 29.3 Å². The van der Waals surface area contributed by atoms with E-state index >= 15 is 0 Å². The zero-order valence-electron chi connectivity index (χ0n) is 8.82. The standard InChI is InChI=1S/C12H15NO2/c1-8-4-10(6-11(13)5-8)12(14)15-7-9-2-3-9/h4-6,9H,2-3,7,13H2,1H3. The van der Waals surface area contributed by atoms with Gasteiger partial charge in [-0.3, -0.25) is 0 Å². The van der Waals surface area contributed by atoms with Crippen LogP contribution in [-0.4, -0.2) is 12.6 Å². The maximum atomic E-state index is 11.6. The molecule has 0 bridgehead atoms. The number of hydrogen-bond donors (Lipinski definition) is 1. The Morgan fingerprint density at radius 2 is 2.20 bits per heavy atom. The van der Waals surface area contributed by atoms with Gasteiger partial charge in [-0.2, -0.15) is 0 Å². The third kappa shape index (κ3) is 2.72. The van der Waals surface area contributed by atoms with Gasteiger partial charge in [0, 0.05) is 5.69 Å². The molecular formula is C12H15NO2. The monoisotopic (exact) mass is 205 g/mol. The van der Waals surface area contributed by atoms with E-state index in [9.17, 15) is 4.79 Å². The zero-order valence-corrected chi connectivity index (χ0v) is 8.82. The molecule has 1 aromatic rings. The van der Waals surface area contributed by atoms with Crippen LogP contribution in [0.25, 0.3) is 0 Å². The first kappa shape index (κ1) is 10.0. The van der Waals surface area contributed by atoms with E-state index in [0.29, 0.717) is 23.8 Å². The first-order chi connectivity index (χ1) is 7.15. The molecular weight excluding hydrogens is 190 g/mol. The van der Waals surface area contributed by atoms with Gasteiger partial charge < -0.3 is 10.5 Å². The van der Waals surface area contributed by atoms with Crippen LogP contribution >= 0.6 is 0 Å². The van der Waals surface area contributed by atoms with Crippen LogP contribution in [0.3, 0.4) is 0 Å². The molecule has 1 aromatic carbocycles. The molecule has 0 aromatic heterocycles. The van der Waals surface area contributed by atoms with Crippen LogP contribution in [-0.2, 0) is 4.74 Å². The maximum Gasteiger partial charge on any atom is 0.338 e. The quantitative estimate of drug-likeness (QED) is 0.607. The Kier molecular flexibility index (Phi) is 2.62. The van der Waals surface area contributed by atoms with Crippen molar-refractivity contribution in [2.75, 3.05) is 12.3 Å². The number of esters is 1. The van der Waals surface area contributed by atoms with Gasteiger partial charge in [-0.1, -0.05) is 0 Å². The van der Waals surface area contributed by atoms with E-state index in [2.05, 4.69) is 0 Å². The van der Waals surface area contributed by atoms with Crippen molar-refractivity contribution in [2.45, 2.75) is 19.8 Å². The highest BCUT2D eigenvalue weighted by molar-refractivity contribution is 5.90. The van der Waals surface area contributed by atoms with Gasteiger partial charge in [-0.15, -0.1) is 0 Å². The van der Waals surface area contributed by atoms with Crippen LogP contribution in [0.15, 0.2) is 18.2 Å². The molecule has 0 atom stereocenters. The van der Waals surface area contributed by atoms with Crippen LogP contribution in [0.4, 0.5) is 5.69 Å². The summed E-state index contributed by atoms with van der Waals surface area (Å²) in [6.07, 6.45) is 2.37. The molecule has 1 fully saturated rings. The van der Waals surface area contributed by atoms with Crippen LogP contribution in [0.1, 0.15) is 28.8 Å². The molecule has 15 heavy (non-hydrogen) atoms. The van der Waals surface area contributed by atoms with Crippen LogP contribution in [0.2, 0.25) is 0 Å². The highest BCUT2D eigenvalue weighted by Gasteiger charge is 2.23. The fourth-order valence-electron chi connectivity index (χ4n) is 1.49. The highest BCUT2D eigenvalue weighted by atomic mass is 16.5. The van der Waals surface area contributed by atoms with Gasteiger partial charge in [0.15, 0.2) is 0 Å². The number of nitrogen functional groups attached to an aromatic ring is 1. The molecule has 0 saturated heterocycles. The molecule has 0 unspecified atom stereocenters. The molecule has 80 valence electrons. The zero-order chi connectivity index (χ0) is 10.8. The lowest BCUT2D eigenvalue weighted by atomic mass is 10.1. The van der Waals surface area contributed by atoms with E-state index in [-0.39, 0.29) is 5.97 Å². The SMILES string of the molecule is Cc1cc(N)cc(C(=O)OCC2CC2)c1. The molecule has 0 spiro atoms. The minimum atomic E-state index is -0.266. The number of nitrogens with two attached hydrogens (primary N) is 1. The summed E-state index contributed by atoms with van der Waals surface area (Å²) in [7, 11) is 0. The lowest BCUT2D eigenvalue weighted by Gasteiger charge is -2.05. The Labute approximate surface area is 89.2 Å². The van der Waals surface area contributed by atoms with Gasteiger partial charge in [0.1, 0.15) is 0 Å². The molecule has 2 N–H and O–H groups in total. The summed E-state index contributed by atoms with van der Waals surface area (Å²) < 4.78 is 5.17. The van der Waals surface area contributed by atoms with Crippen LogP contribution in [0, 0.1) is 12.8 Å². The fourth-order valence-corrected chi connectivity index (χ4v) is 1.49. The molecule has 0 heterocycles. The molecule has 0 aliphatic heterocycles. The minimum absolute atomic E-state index is 0.266. The molecule has 1 aliphatic rings. The Balaban J connectivity index is 2.02. The van der Waals surface area contributed by atoms with E-state index in [4.69, 9.17) is 10.5 Å². The predicted octanol–water partition coefficient (Wildman–Crippen LogP) is 2.14.